The maximum atomic E-state index is 12.3. The van der Waals surface area contributed by atoms with Crippen molar-refractivity contribution in [2.75, 3.05) is 17.7 Å². The number of sulfonamides is 1. The topological polar surface area (TPSA) is 118 Å². The van der Waals surface area contributed by atoms with E-state index in [4.69, 9.17) is 4.42 Å². The molecule has 8 nitrogen and oxygen atoms in total. The molecule has 0 saturated carbocycles. The molecule has 1 aromatic heterocycles. The number of hydrogen-bond acceptors (Lipinski definition) is 5. The van der Waals surface area contributed by atoms with Crippen molar-refractivity contribution in [3.8, 4) is 0 Å². The molecule has 0 saturated heterocycles. The quantitative estimate of drug-likeness (QED) is 0.589. The van der Waals surface area contributed by atoms with Crippen molar-refractivity contribution in [3.05, 3.63) is 78.3 Å². The first-order valence-electron chi connectivity index (χ1n) is 8.19. The van der Waals surface area contributed by atoms with Crippen molar-refractivity contribution in [1.82, 2.24) is 4.72 Å². The maximum Gasteiger partial charge on any atom is 0.291 e. The van der Waals surface area contributed by atoms with Gasteiger partial charge >= 0.3 is 0 Å². The largest absolute Gasteiger partial charge is 0.459 e. The van der Waals surface area contributed by atoms with Gasteiger partial charge in [-0.1, -0.05) is 0 Å². The fourth-order valence-corrected chi connectivity index (χ4v) is 3.07. The zero-order valence-electron chi connectivity index (χ0n) is 14.8. The Hall–Kier alpha value is -3.43. The molecule has 144 valence electrons. The van der Waals surface area contributed by atoms with E-state index in [0.29, 0.717) is 16.9 Å². The monoisotopic (exact) mass is 399 g/mol. The van der Waals surface area contributed by atoms with Gasteiger partial charge in [-0.2, -0.15) is 0 Å². The Balaban J connectivity index is 1.64. The van der Waals surface area contributed by atoms with Crippen LogP contribution in [0.15, 0.2) is 76.2 Å². The summed E-state index contributed by atoms with van der Waals surface area (Å²) in [5.41, 5.74) is 1.35. The van der Waals surface area contributed by atoms with Crippen molar-refractivity contribution in [1.29, 1.82) is 0 Å². The second-order valence-electron chi connectivity index (χ2n) is 5.69. The Morgan fingerprint density at radius 3 is 1.93 bits per heavy atom. The molecule has 0 bridgehead atoms. The Morgan fingerprint density at radius 1 is 0.821 bits per heavy atom. The van der Waals surface area contributed by atoms with Crippen LogP contribution in [0.25, 0.3) is 0 Å². The van der Waals surface area contributed by atoms with Crippen molar-refractivity contribution in [2.24, 2.45) is 0 Å². The molecule has 2 amide bonds. The molecule has 1 heterocycles. The van der Waals surface area contributed by atoms with E-state index in [1.807, 2.05) is 0 Å². The third-order valence-corrected chi connectivity index (χ3v) is 5.27. The molecule has 0 fully saturated rings. The average molecular weight is 399 g/mol. The van der Waals surface area contributed by atoms with Crippen LogP contribution in [-0.4, -0.2) is 27.3 Å². The third kappa shape index (κ3) is 4.45. The van der Waals surface area contributed by atoms with Crippen molar-refractivity contribution in [2.45, 2.75) is 4.90 Å². The van der Waals surface area contributed by atoms with Gasteiger partial charge in [0.05, 0.1) is 11.2 Å². The molecule has 3 aromatic rings. The Morgan fingerprint density at radius 2 is 1.39 bits per heavy atom. The van der Waals surface area contributed by atoms with Gasteiger partial charge in [-0.3, -0.25) is 9.59 Å². The fourth-order valence-electron chi connectivity index (χ4n) is 2.34. The molecular weight excluding hydrogens is 382 g/mol. The number of hydrogen-bond donors (Lipinski definition) is 3. The highest BCUT2D eigenvalue weighted by molar-refractivity contribution is 7.89. The number of anilines is 2. The van der Waals surface area contributed by atoms with E-state index in [2.05, 4.69) is 15.4 Å². The third-order valence-electron chi connectivity index (χ3n) is 3.84. The number of furan rings is 1. The standard InChI is InChI=1S/C19H17N3O5S/c1-20-28(25,26)16-10-8-15(9-11-16)21-18(23)13-4-6-14(7-5-13)22-19(24)17-3-2-12-27-17/h2-12,20H,1H3,(H,21,23)(H,22,24). The van der Waals surface area contributed by atoms with Gasteiger partial charge in [-0.05, 0) is 67.7 Å². The summed E-state index contributed by atoms with van der Waals surface area (Å²) < 4.78 is 30.6. The van der Waals surface area contributed by atoms with Gasteiger partial charge in [0.2, 0.25) is 10.0 Å². The molecule has 0 aliphatic carbocycles. The predicted molar refractivity (Wildman–Crippen MR) is 104 cm³/mol. The van der Waals surface area contributed by atoms with Gasteiger partial charge in [-0.25, -0.2) is 13.1 Å². The lowest BCUT2D eigenvalue weighted by Crippen LogP contribution is -2.18. The average Bonchev–Trinajstić information content (AvgIpc) is 3.24. The lowest BCUT2D eigenvalue weighted by Gasteiger charge is -2.08. The van der Waals surface area contributed by atoms with E-state index >= 15 is 0 Å². The van der Waals surface area contributed by atoms with Gasteiger partial charge < -0.3 is 15.1 Å². The van der Waals surface area contributed by atoms with Crippen LogP contribution in [0, 0.1) is 0 Å². The Bertz CT molecular complexity index is 1070. The smallest absolute Gasteiger partial charge is 0.291 e. The molecule has 28 heavy (non-hydrogen) atoms. The highest BCUT2D eigenvalue weighted by Gasteiger charge is 2.12. The van der Waals surface area contributed by atoms with Gasteiger partial charge in [0.25, 0.3) is 11.8 Å². The highest BCUT2D eigenvalue weighted by atomic mass is 32.2. The van der Waals surface area contributed by atoms with Crippen molar-refractivity contribution in [3.63, 3.8) is 0 Å². The summed E-state index contributed by atoms with van der Waals surface area (Å²) in [7, 11) is -2.21. The van der Waals surface area contributed by atoms with Crippen LogP contribution in [0.1, 0.15) is 20.9 Å². The molecule has 2 aromatic carbocycles. The molecule has 0 atom stereocenters. The van der Waals surface area contributed by atoms with Crippen LogP contribution in [0.2, 0.25) is 0 Å². The number of amides is 2. The lowest BCUT2D eigenvalue weighted by atomic mass is 10.2. The minimum absolute atomic E-state index is 0.102. The van der Waals surface area contributed by atoms with E-state index in [1.54, 1.807) is 36.4 Å². The van der Waals surface area contributed by atoms with Crippen LogP contribution in [0.5, 0.6) is 0 Å². The molecular formula is C19H17N3O5S. The second kappa shape index (κ2) is 8.07. The number of benzene rings is 2. The maximum absolute atomic E-state index is 12.3. The number of carbonyl (C=O) groups excluding carboxylic acids is 2. The summed E-state index contributed by atoms with van der Waals surface area (Å²) in [5.74, 6) is -0.572. The summed E-state index contributed by atoms with van der Waals surface area (Å²) in [6.45, 7) is 0. The molecule has 0 unspecified atom stereocenters. The zero-order valence-corrected chi connectivity index (χ0v) is 15.6. The molecule has 0 aliphatic rings. The van der Waals surface area contributed by atoms with Crippen LogP contribution in [0.4, 0.5) is 11.4 Å². The van der Waals surface area contributed by atoms with Crippen LogP contribution < -0.4 is 15.4 Å². The van der Waals surface area contributed by atoms with Crippen LogP contribution in [0.3, 0.4) is 0 Å². The first-order chi connectivity index (χ1) is 13.4. The first kappa shape index (κ1) is 19.3. The van der Waals surface area contributed by atoms with Crippen molar-refractivity contribution < 1.29 is 22.4 Å². The fraction of sp³-hybridized carbons (Fsp3) is 0.0526. The van der Waals surface area contributed by atoms with E-state index in [9.17, 15) is 18.0 Å². The Labute approximate surface area is 161 Å². The van der Waals surface area contributed by atoms with Crippen LogP contribution >= 0.6 is 0 Å². The summed E-state index contributed by atoms with van der Waals surface area (Å²) in [6.07, 6.45) is 1.41. The second-order valence-corrected chi connectivity index (χ2v) is 7.58. The van der Waals surface area contributed by atoms with Gasteiger partial charge in [0, 0.05) is 16.9 Å². The molecule has 3 N–H and O–H groups in total. The van der Waals surface area contributed by atoms with Gasteiger partial charge in [0.15, 0.2) is 5.76 Å². The van der Waals surface area contributed by atoms with E-state index in [-0.39, 0.29) is 22.5 Å². The van der Waals surface area contributed by atoms with Crippen LogP contribution in [-0.2, 0) is 10.0 Å². The SMILES string of the molecule is CNS(=O)(=O)c1ccc(NC(=O)c2ccc(NC(=O)c3ccco3)cc2)cc1. The number of rotatable bonds is 6. The summed E-state index contributed by atoms with van der Waals surface area (Å²) in [5, 5.41) is 5.34. The van der Waals surface area contributed by atoms with Gasteiger partial charge in [0.1, 0.15) is 0 Å². The minimum Gasteiger partial charge on any atom is -0.459 e. The molecule has 9 heteroatoms. The minimum atomic E-state index is -3.53. The predicted octanol–water partition coefficient (Wildman–Crippen LogP) is 2.69. The molecule has 0 aliphatic heterocycles. The molecule has 0 radical (unpaired) electrons. The van der Waals surface area contributed by atoms with E-state index in [1.165, 1.54) is 37.6 Å². The first-order valence-corrected chi connectivity index (χ1v) is 9.67. The highest BCUT2D eigenvalue weighted by Crippen LogP contribution is 2.16. The molecule has 3 rings (SSSR count). The van der Waals surface area contributed by atoms with E-state index < -0.39 is 10.0 Å². The number of carbonyl (C=O) groups is 2. The zero-order chi connectivity index (χ0) is 20.1. The lowest BCUT2D eigenvalue weighted by molar-refractivity contribution is 0.0995. The normalized spacial score (nSPS) is 11.0. The summed E-state index contributed by atoms with van der Waals surface area (Å²) in [4.78, 5) is 24.4. The summed E-state index contributed by atoms with van der Waals surface area (Å²) >= 11 is 0. The summed E-state index contributed by atoms with van der Waals surface area (Å²) in [6, 6.07) is 15.3. The van der Waals surface area contributed by atoms with E-state index in [0.717, 1.165) is 0 Å². The number of nitrogens with one attached hydrogen (secondary N) is 3. The van der Waals surface area contributed by atoms with Gasteiger partial charge in [-0.15, -0.1) is 0 Å². The molecule has 0 spiro atoms. The van der Waals surface area contributed by atoms with Crippen molar-refractivity contribution >= 4 is 33.2 Å². The Kier molecular flexibility index (Phi) is 5.57.